The molecule has 1 aromatic carbocycles. The summed E-state index contributed by atoms with van der Waals surface area (Å²) in [7, 11) is 1.31. The molecule has 4 nitrogen and oxygen atoms in total. The number of methoxy groups -OCH3 is 1. The van der Waals surface area contributed by atoms with Crippen LogP contribution in [0.3, 0.4) is 0 Å². The molecule has 0 heterocycles. The monoisotopic (exact) mass is 207 g/mol. The molecule has 1 amide bonds. The number of nitrogens with one attached hydrogen (secondary N) is 1. The van der Waals surface area contributed by atoms with Gasteiger partial charge in [-0.25, -0.2) is 4.79 Å². The molecule has 0 bridgehead atoms. The van der Waals surface area contributed by atoms with Gasteiger partial charge in [-0.3, -0.25) is 0 Å². The average Bonchev–Trinajstić information content (AvgIpc) is 2.55. The Balaban J connectivity index is 2.22. The highest BCUT2D eigenvalue weighted by Gasteiger charge is 2.31. The Hall–Kier alpha value is -1.55. The third-order valence-corrected chi connectivity index (χ3v) is 2.66. The number of alkyl carbamates (subject to hydrolysis) is 1. The zero-order valence-electron chi connectivity index (χ0n) is 8.43. The molecule has 1 aromatic rings. The minimum absolute atomic E-state index is 0.353. The van der Waals surface area contributed by atoms with E-state index in [0.29, 0.717) is 6.42 Å². The van der Waals surface area contributed by atoms with E-state index in [4.69, 9.17) is 0 Å². The van der Waals surface area contributed by atoms with E-state index in [2.05, 4.69) is 10.1 Å². The standard InChI is InChI=1S/C11H13NO3/c1-15-11(14)12-10-8-5-3-2-4-7(8)6-9(10)13/h2-5,9-10,13H,6H2,1H3,(H,12,14)/t9-,10+/m0/s1. The van der Waals surface area contributed by atoms with E-state index in [1.54, 1.807) is 0 Å². The maximum absolute atomic E-state index is 11.1. The first-order valence-electron chi connectivity index (χ1n) is 4.82. The molecule has 1 aliphatic rings. The van der Waals surface area contributed by atoms with Crippen molar-refractivity contribution in [3.63, 3.8) is 0 Å². The van der Waals surface area contributed by atoms with Crippen molar-refractivity contribution in [3.8, 4) is 0 Å². The third kappa shape index (κ3) is 1.80. The van der Waals surface area contributed by atoms with Gasteiger partial charge in [0.05, 0.1) is 19.3 Å². The highest BCUT2D eigenvalue weighted by atomic mass is 16.5. The molecule has 4 heteroatoms. The highest BCUT2D eigenvalue weighted by Crippen LogP contribution is 2.31. The Bertz CT molecular complexity index is 378. The second-order valence-corrected chi connectivity index (χ2v) is 3.58. The van der Waals surface area contributed by atoms with Crippen molar-refractivity contribution < 1.29 is 14.6 Å². The molecule has 0 fully saturated rings. The summed E-state index contributed by atoms with van der Waals surface area (Å²) in [4.78, 5) is 11.1. The zero-order valence-corrected chi connectivity index (χ0v) is 8.43. The number of amides is 1. The Kier molecular flexibility index (Phi) is 2.60. The minimum Gasteiger partial charge on any atom is -0.453 e. The van der Waals surface area contributed by atoms with Gasteiger partial charge in [0.25, 0.3) is 0 Å². The molecular weight excluding hydrogens is 194 g/mol. The van der Waals surface area contributed by atoms with Crippen molar-refractivity contribution in [2.24, 2.45) is 0 Å². The Morgan fingerprint density at radius 1 is 1.53 bits per heavy atom. The van der Waals surface area contributed by atoms with Gasteiger partial charge in [-0.05, 0) is 11.1 Å². The lowest BCUT2D eigenvalue weighted by Crippen LogP contribution is -2.33. The topological polar surface area (TPSA) is 58.6 Å². The first kappa shape index (κ1) is 9.98. The van der Waals surface area contributed by atoms with Crippen LogP contribution in [0.5, 0.6) is 0 Å². The van der Waals surface area contributed by atoms with Crippen LogP contribution in [0.2, 0.25) is 0 Å². The maximum atomic E-state index is 11.1. The second kappa shape index (κ2) is 3.90. The van der Waals surface area contributed by atoms with Crippen LogP contribution in [0.25, 0.3) is 0 Å². The van der Waals surface area contributed by atoms with Gasteiger partial charge < -0.3 is 15.2 Å². The molecule has 2 atom stereocenters. The van der Waals surface area contributed by atoms with Gasteiger partial charge in [0.15, 0.2) is 0 Å². The van der Waals surface area contributed by atoms with Gasteiger partial charge in [0.2, 0.25) is 0 Å². The first-order chi connectivity index (χ1) is 7.22. The van der Waals surface area contributed by atoms with Gasteiger partial charge in [0.1, 0.15) is 0 Å². The summed E-state index contributed by atoms with van der Waals surface area (Å²) in [6.45, 7) is 0. The van der Waals surface area contributed by atoms with E-state index in [1.165, 1.54) is 7.11 Å². The maximum Gasteiger partial charge on any atom is 0.407 e. The largest absolute Gasteiger partial charge is 0.453 e. The summed E-state index contributed by atoms with van der Waals surface area (Å²) in [5.41, 5.74) is 2.04. The molecule has 0 aliphatic heterocycles. The van der Waals surface area contributed by atoms with Crippen LogP contribution in [0.15, 0.2) is 24.3 Å². The molecule has 1 aliphatic carbocycles. The van der Waals surface area contributed by atoms with Crippen LogP contribution in [0, 0.1) is 0 Å². The number of rotatable bonds is 1. The van der Waals surface area contributed by atoms with E-state index in [0.717, 1.165) is 11.1 Å². The zero-order chi connectivity index (χ0) is 10.8. The Labute approximate surface area is 87.9 Å². The molecule has 80 valence electrons. The Morgan fingerprint density at radius 3 is 3.00 bits per heavy atom. The summed E-state index contributed by atoms with van der Waals surface area (Å²) < 4.78 is 4.51. The molecular formula is C11H13NO3. The fourth-order valence-corrected chi connectivity index (χ4v) is 1.93. The molecule has 0 unspecified atom stereocenters. The quantitative estimate of drug-likeness (QED) is 0.722. The summed E-state index contributed by atoms with van der Waals surface area (Å²) in [6.07, 6.45) is -0.512. The fourth-order valence-electron chi connectivity index (χ4n) is 1.93. The van der Waals surface area contributed by atoms with E-state index >= 15 is 0 Å². The van der Waals surface area contributed by atoms with E-state index < -0.39 is 12.2 Å². The van der Waals surface area contributed by atoms with Gasteiger partial charge >= 0.3 is 6.09 Å². The molecule has 0 saturated carbocycles. The van der Waals surface area contributed by atoms with E-state index in [1.807, 2.05) is 24.3 Å². The van der Waals surface area contributed by atoms with Crippen LogP contribution in [0.1, 0.15) is 17.2 Å². The van der Waals surface area contributed by atoms with Crippen LogP contribution >= 0.6 is 0 Å². The number of aliphatic hydroxyl groups is 1. The van der Waals surface area contributed by atoms with Crippen LogP contribution in [-0.2, 0) is 11.2 Å². The summed E-state index contributed by atoms with van der Waals surface area (Å²) in [5.74, 6) is 0. The minimum atomic E-state index is -0.568. The predicted molar refractivity (Wildman–Crippen MR) is 54.4 cm³/mol. The number of hydrogen-bond donors (Lipinski definition) is 2. The lowest BCUT2D eigenvalue weighted by molar-refractivity contribution is 0.123. The number of carbonyl (C=O) groups excluding carboxylic acids is 1. The van der Waals surface area contributed by atoms with Gasteiger partial charge in [-0.15, -0.1) is 0 Å². The van der Waals surface area contributed by atoms with Crippen molar-refractivity contribution in [1.29, 1.82) is 0 Å². The normalized spacial score (nSPS) is 23.3. The molecule has 0 radical (unpaired) electrons. The summed E-state index contributed by atoms with van der Waals surface area (Å²) >= 11 is 0. The van der Waals surface area contributed by atoms with Gasteiger partial charge in [0, 0.05) is 6.42 Å². The van der Waals surface area contributed by atoms with Crippen molar-refractivity contribution in [1.82, 2.24) is 5.32 Å². The van der Waals surface area contributed by atoms with Crippen molar-refractivity contribution in [2.45, 2.75) is 18.6 Å². The number of fused-ring (bicyclic) bond motifs is 1. The van der Waals surface area contributed by atoms with Crippen molar-refractivity contribution in [2.75, 3.05) is 7.11 Å². The Morgan fingerprint density at radius 2 is 2.27 bits per heavy atom. The molecule has 0 spiro atoms. The lowest BCUT2D eigenvalue weighted by atomic mass is 10.1. The third-order valence-electron chi connectivity index (χ3n) is 2.66. The average molecular weight is 207 g/mol. The fraction of sp³-hybridized carbons (Fsp3) is 0.364. The molecule has 2 N–H and O–H groups in total. The van der Waals surface area contributed by atoms with E-state index in [-0.39, 0.29) is 6.04 Å². The van der Waals surface area contributed by atoms with E-state index in [9.17, 15) is 9.90 Å². The highest BCUT2D eigenvalue weighted by molar-refractivity contribution is 5.68. The molecule has 15 heavy (non-hydrogen) atoms. The molecule has 0 aromatic heterocycles. The number of carbonyl (C=O) groups is 1. The van der Waals surface area contributed by atoms with Crippen LogP contribution < -0.4 is 5.32 Å². The number of ether oxygens (including phenoxy) is 1. The first-order valence-corrected chi connectivity index (χ1v) is 4.82. The van der Waals surface area contributed by atoms with Crippen molar-refractivity contribution >= 4 is 6.09 Å². The summed E-state index contributed by atoms with van der Waals surface area (Å²) in [6, 6.07) is 7.33. The van der Waals surface area contributed by atoms with Gasteiger partial charge in [-0.1, -0.05) is 24.3 Å². The second-order valence-electron chi connectivity index (χ2n) is 3.58. The van der Waals surface area contributed by atoms with Crippen molar-refractivity contribution in [3.05, 3.63) is 35.4 Å². The SMILES string of the molecule is COC(=O)N[C@@H]1c2ccccc2C[C@@H]1O. The summed E-state index contributed by atoms with van der Waals surface area (Å²) in [5, 5.41) is 12.4. The van der Waals surface area contributed by atoms with Gasteiger partial charge in [-0.2, -0.15) is 0 Å². The molecule has 0 saturated heterocycles. The van der Waals surface area contributed by atoms with Crippen LogP contribution in [-0.4, -0.2) is 24.4 Å². The lowest BCUT2D eigenvalue weighted by Gasteiger charge is -2.16. The van der Waals surface area contributed by atoms with Crippen LogP contribution in [0.4, 0.5) is 4.79 Å². The number of aliphatic hydroxyl groups excluding tert-OH is 1. The smallest absolute Gasteiger partial charge is 0.407 e. The predicted octanol–water partition coefficient (Wildman–Crippen LogP) is 1.00. The number of hydrogen-bond acceptors (Lipinski definition) is 3. The molecule has 2 rings (SSSR count). The number of benzene rings is 1.